The van der Waals surface area contributed by atoms with Crippen molar-refractivity contribution in [1.29, 1.82) is 0 Å². The average Bonchev–Trinajstić information content (AvgIpc) is 2.70. The zero-order chi connectivity index (χ0) is 15.1. The Morgan fingerprint density at radius 1 is 1.05 bits per heavy atom. The lowest BCUT2D eigenvalue weighted by Crippen LogP contribution is -2.15. The van der Waals surface area contributed by atoms with Crippen LogP contribution in [0.25, 0.3) is 0 Å². The van der Waals surface area contributed by atoms with Crippen molar-refractivity contribution < 1.29 is 13.9 Å². The van der Waals surface area contributed by atoms with Crippen LogP contribution >= 0.6 is 27.5 Å². The van der Waals surface area contributed by atoms with Gasteiger partial charge in [-0.05, 0) is 38.0 Å². The quantitative estimate of drug-likeness (QED) is 0.687. The third kappa shape index (κ3) is 2.55. The number of hydrogen-bond acceptors (Lipinski definition) is 3. The highest BCUT2D eigenvalue weighted by Crippen LogP contribution is 2.44. The SMILES string of the molecule is Cc1oc(C)c(C(Br)c2cc3c(cc2Cl)OCCO3)c1C. The average molecular weight is 372 g/mol. The molecular formula is C16H16BrClO3. The molecule has 5 heteroatoms. The highest BCUT2D eigenvalue weighted by Gasteiger charge is 2.25. The molecule has 0 N–H and O–H groups in total. The summed E-state index contributed by atoms with van der Waals surface area (Å²) in [4.78, 5) is -0.0433. The molecule has 1 unspecified atom stereocenters. The minimum Gasteiger partial charge on any atom is -0.486 e. The Balaban J connectivity index is 2.07. The number of rotatable bonds is 2. The van der Waals surface area contributed by atoms with Crippen LogP contribution in [0.4, 0.5) is 0 Å². The zero-order valence-corrected chi connectivity index (χ0v) is 14.5. The monoisotopic (exact) mass is 370 g/mol. The molecule has 0 amide bonds. The summed E-state index contributed by atoms with van der Waals surface area (Å²) in [7, 11) is 0. The standard InChI is InChI=1S/C16H16BrClO3/c1-8-9(2)21-10(3)15(8)16(17)11-6-13-14(7-12(11)18)20-5-4-19-13/h6-7,16H,4-5H2,1-3H3. The van der Waals surface area contributed by atoms with Gasteiger partial charge in [-0.2, -0.15) is 0 Å². The Labute approximate surface area is 137 Å². The number of benzene rings is 1. The third-order valence-corrected chi connectivity index (χ3v) is 5.08. The lowest BCUT2D eigenvalue weighted by Gasteiger charge is -2.21. The third-order valence-electron chi connectivity index (χ3n) is 3.81. The van der Waals surface area contributed by atoms with E-state index in [0.29, 0.717) is 24.0 Å². The number of ether oxygens (including phenoxy) is 2. The fourth-order valence-corrected chi connectivity index (χ4v) is 4.05. The zero-order valence-electron chi connectivity index (χ0n) is 12.1. The molecule has 0 spiro atoms. The fourth-order valence-electron chi connectivity index (χ4n) is 2.61. The molecule has 0 fully saturated rings. The van der Waals surface area contributed by atoms with Crippen LogP contribution in [-0.2, 0) is 0 Å². The first-order valence-electron chi connectivity index (χ1n) is 6.78. The van der Waals surface area contributed by atoms with Crippen molar-refractivity contribution >= 4 is 27.5 Å². The van der Waals surface area contributed by atoms with Crippen LogP contribution in [0.2, 0.25) is 5.02 Å². The summed E-state index contributed by atoms with van der Waals surface area (Å²) < 4.78 is 16.9. The second-order valence-electron chi connectivity index (χ2n) is 5.13. The first kappa shape index (κ1) is 14.8. The molecule has 0 bridgehead atoms. The Morgan fingerprint density at radius 3 is 2.24 bits per heavy atom. The number of fused-ring (bicyclic) bond motifs is 1. The van der Waals surface area contributed by atoms with E-state index in [-0.39, 0.29) is 4.83 Å². The van der Waals surface area contributed by atoms with Gasteiger partial charge in [-0.1, -0.05) is 27.5 Å². The number of furan rings is 1. The minimum atomic E-state index is -0.0433. The second kappa shape index (κ2) is 5.58. The molecule has 1 aliphatic rings. The van der Waals surface area contributed by atoms with Crippen molar-refractivity contribution in [1.82, 2.24) is 0 Å². The number of alkyl halides is 1. The highest BCUT2D eigenvalue weighted by atomic mass is 79.9. The van der Waals surface area contributed by atoms with Gasteiger partial charge in [0.1, 0.15) is 24.7 Å². The number of halogens is 2. The summed E-state index contributed by atoms with van der Waals surface area (Å²) >= 11 is 10.2. The number of aryl methyl sites for hydroxylation is 2. The van der Waals surface area contributed by atoms with E-state index in [1.54, 1.807) is 0 Å². The lowest BCUT2D eigenvalue weighted by atomic mass is 10.0. The van der Waals surface area contributed by atoms with Gasteiger partial charge in [0.25, 0.3) is 0 Å². The normalized spacial score (nSPS) is 15.1. The molecule has 2 aromatic rings. The van der Waals surface area contributed by atoms with Crippen LogP contribution in [0.3, 0.4) is 0 Å². The molecule has 3 nitrogen and oxygen atoms in total. The topological polar surface area (TPSA) is 31.6 Å². The summed E-state index contributed by atoms with van der Waals surface area (Å²) in [6, 6.07) is 3.76. The molecule has 21 heavy (non-hydrogen) atoms. The van der Waals surface area contributed by atoms with Gasteiger partial charge in [-0.15, -0.1) is 0 Å². The molecule has 3 rings (SSSR count). The van der Waals surface area contributed by atoms with Crippen LogP contribution in [0, 0.1) is 20.8 Å². The smallest absolute Gasteiger partial charge is 0.162 e. The van der Waals surface area contributed by atoms with Crippen molar-refractivity contribution in [3.05, 3.63) is 45.4 Å². The van der Waals surface area contributed by atoms with Crippen LogP contribution in [0.15, 0.2) is 16.5 Å². The summed E-state index contributed by atoms with van der Waals surface area (Å²) in [6.07, 6.45) is 0. The molecular weight excluding hydrogens is 356 g/mol. The minimum absolute atomic E-state index is 0.0433. The highest BCUT2D eigenvalue weighted by molar-refractivity contribution is 9.09. The van der Waals surface area contributed by atoms with Gasteiger partial charge in [0.15, 0.2) is 11.5 Å². The van der Waals surface area contributed by atoms with E-state index < -0.39 is 0 Å². The van der Waals surface area contributed by atoms with Crippen LogP contribution in [-0.4, -0.2) is 13.2 Å². The maximum atomic E-state index is 6.42. The van der Waals surface area contributed by atoms with Crippen LogP contribution < -0.4 is 9.47 Å². The van der Waals surface area contributed by atoms with Crippen LogP contribution in [0.1, 0.15) is 33.0 Å². The van der Waals surface area contributed by atoms with Crippen molar-refractivity contribution in [2.75, 3.05) is 13.2 Å². The van der Waals surface area contributed by atoms with E-state index in [1.807, 2.05) is 26.0 Å². The van der Waals surface area contributed by atoms with Crippen molar-refractivity contribution in [3.63, 3.8) is 0 Å². The molecule has 112 valence electrons. The van der Waals surface area contributed by atoms with E-state index >= 15 is 0 Å². The maximum absolute atomic E-state index is 6.42. The van der Waals surface area contributed by atoms with E-state index in [0.717, 1.165) is 34.0 Å². The van der Waals surface area contributed by atoms with Crippen LogP contribution in [0.5, 0.6) is 11.5 Å². The van der Waals surface area contributed by atoms with Gasteiger partial charge in [0.05, 0.1) is 4.83 Å². The Morgan fingerprint density at radius 2 is 1.67 bits per heavy atom. The van der Waals surface area contributed by atoms with Crippen molar-refractivity contribution in [3.8, 4) is 11.5 Å². The molecule has 0 saturated heterocycles. The van der Waals surface area contributed by atoms with E-state index in [1.165, 1.54) is 0 Å². The van der Waals surface area contributed by atoms with Gasteiger partial charge in [-0.25, -0.2) is 0 Å². The number of hydrogen-bond donors (Lipinski definition) is 0. The second-order valence-corrected chi connectivity index (χ2v) is 6.46. The lowest BCUT2D eigenvalue weighted by molar-refractivity contribution is 0.171. The maximum Gasteiger partial charge on any atom is 0.162 e. The molecule has 1 aliphatic heterocycles. The molecule has 0 saturated carbocycles. The van der Waals surface area contributed by atoms with Gasteiger partial charge in [0.2, 0.25) is 0 Å². The fraction of sp³-hybridized carbons (Fsp3) is 0.375. The van der Waals surface area contributed by atoms with Gasteiger partial charge in [-0.3, -0.25) is 0 Å². The summed E-state index contributed by atoms with van der Waals surface area (Å²) in [6.45, 7) is 7.11. The molecule has 0 aliphatic carbocycles. The predicted octanol–water partition coefficient (Wildman–Crippen LogP) is 5.11. The Kier molecular flexibility index (Phi) is 3.93. The van der Waals surface area contributed by atoms with Gasteiger partial charge >= 0.3 is 0 Å². The first-order chi connectivity index (χ1) is 9.99. The molecule has 1 aromatic carbocycles. The molecule has 0 radical (unpaired) electrons. The molecule has 1 atom stereocenters. The summed E-state index contributed by atoms with van der Waals surface area (Å²) in [5, 5.41) is 0.652. The predicted molar refractivity (Wildman–Crippen MR) is 86.1 cm³/mol. The molecule has 2 heterocycles. The van der Waals surface area contributed by atoms with E-state index in [4.69, 9.17) is 25.5 Å². The summed E-state index contributed by atoms with van der Waals surface area (Å²) in [5.41, 5.74) is 3.21. The largest absolute Gasteiger partial charge is 0.486 e. The summed E-state index contributed by atoms with van der Waals surface area (Å²) in [5.74, 6) is 3.27. The Bertz CT molecular complexity index is 693. The van der Waals surface area contributed by atoms with E-state index in [2.05, 4.69) is 22.9 Å². The van der Waals surface area contributed by atoms with E-state index in [9.17, 15) is 0 Å². The van der Waals surface area contributed by atoms with Crippen molar-refractivity contribution in [2.24, 2.45) is 0 Å². The van der Waals surface area contributed by atoms with Gasteiger partial charge in [0, 0.05) is 16.7 Å². The van der Waals surface area contributed by atoms with Gasteiger partial charge < -0.3 is 13.9 Å². The Hall–Kier alpha value is -1.13. The first-order valence-corrected chi connectivity index (χ1v) is 8.08. The molecule has 1 aromatic heterocycles. The van der Waals surface area contributed by atoms with Crippen molar-refractivity contribution in [2.45, 2.75) is 25.6 Å².